The largest absolute Gasteiger partial charge is 0.485 e. The maximum absolute atomic E-state index is 15.6. The molecular formula is C30H27FN4O4. The molecule has 39 heavy (non-hydrogen) atoms. The Morgan fingerprint density at radius 1 is 1.21 bits per heavy atom. The van der Waals surface area contributed by atoms with E-state index in [2.05, 4.69) is 22.2 Å². The van der Waals surface area contributed by atoms with Crippen molar-refractivity contribution in [3.63, 3.8) is 0 Å². The molecule has 0 radical (unpaired) electrons. The van der Waals surface area contributed by atoms with Gasteiger partial charge in [-0.2, -0.15) is 5.10 Å². The van der Waals surface area contributed by atoms with E-state index in [1.165, 1.54) is 12.7 Å². The highest BCUT2D eigenvalue weighted by molar-refractivity contribution is 5.95. The van der Waals surface area contributed by atoms with Crippen molar-refractivity contribution in [1.82, 2.24) is 19.5 Å². The van der Waals surface area contributed by atoms with E-state index >= 15 is 4.39 Å². The van der Waals surface area contributed by atoms with Gasteiger partial charge in [0.15, 0.2) is 17.2 Å². The number of carbonyl (C=O) groups is 2. The first-order chi connectivity index (χ1) is 18.9. The van der Waals surface area contributed by atoms with Crippen LogP contribution in [-0.2, 0) is 22.4 Å². The molecule has 4 heterocycles. The van der Waals surface area contributed by atoms with E-state index in [4.69, 9.17) is 9.47 Å². The van der Waals surface area contributed by atoms with Crippen LogP contribution in [0.5, 0.6) is 5.75 Å². The quantitative estimate of drug-likeness (QED) is 0.355. The van der Waals surface area contributed by atoms with Gasteiger partial charge in [-0.15, -0.1) is 0 Å². The van der Waals surface area contributed by atoms with Crippen molar-refractivity contribution in [2.24, 2.45) is 0 Å². The lowest BCUT2D eigenvalue weighted by Crippen LogP contribution is -2.39. The van der Waals surface area contributed by atoms with Crippen LogP contribution in [0.4, 0.5) is 4.39 Å². The fourth-order valence-electron chi connectivity index (χ4n) is 5.39. The topological polar surface area (TPSA) is 86.0 Å². The van der Waals surface area contributed by atoms with E-state index < -0.39 is 11.8 Å². The van der Waals surface area contributed by atoms with Crippen LogP contribution in [0.3, 0.4) is 0 Å². The summed E-state index contributed by atoms with van der Waals surface area (Å²) < 4.78 is 27.5. The molecule has 2 aromatic carbocycles. The zero-order valence-corrected chi connectivity index (χ0v) is 21.9. The second-order valence-corrected chi connectivity index (χ2v) is 9.72. The van der Waals surface area contributed by atoms with Crippen molar-refractivity contribution in [2.45, 2.75) is 32.7 Å². The second-order valence-electron chi connectivity index (χ2n) is 9.72. The van der Waals surface area contributed by atoms with Crippen LogP contribution in [0.1, 0.15) is 52.6 Å². The number of aromatic nitrogens is 3. The third kappa shape index (κ3) is 4.14. The number of carbonyl (C=O) groups excluding carboxylic acids is 2. The van der Waals surface area contributed by atoms with Gasteiger partial charge in [0.1, 0.15) is 12.3 Å². The molecule has 0 fully saturated rings. The van der Waals surface area contributed by atoms with Crippen LogP contribution >= 0.6 is 0 Å². The number of imidazole rings is 1. The number of hydrogen-bond acceptors (Lipinski definition) is 6. The highest BCUT2D eigenvalue weighted by atomic mass is 19.1. The van der Waals surface area contributed by atoms with Crippen LogP contribution in [0.2, 0.25) is 0 Å². The number of ether oxygens (including phenoxy) is 2. The van der Waals surface area contributed by atoms with Gasteiger partial charge in [0.2, 0.25) is 0 Å². The molecule has 0 saturated heterocycles. The lowest BCUT2D eigenvalue weighted by atomic mass is 9.93. The van der Waals surface area contributed by atoms with Gasteiger partial charge in [-0.3, -0.25) is 4.79 Å². The summed E-state index contributed by atoms with van der Waals surface area (Å²) in [4.78, 5) is 32.0. The number of amides is 1. The van der Waals surface area contributed by atoms with Crippen LogP contribution in [-0.4, -0.2) is 51.6 Å². The predicted molar refractivity (Wildman–Crippen MR) is 143 cm³/mol. The fourth-order valence-corrected chi connectivity index (χ4v) is 5.39. The number of benzene rings is 2. The monoisotopic (exact) mass is 526 g/mol. The third-order valence-corrected chi connectivity index (χ3v) is 7.51. The molecule has 0 unspecified atom stereocenters. The summed E-state index contributed by atoms with van der Waals surface area (Å²) in [7, 11) is 1.29. The maximum Gasteiger partial charge on any atom is 0.337 e. The SMILES string of the molecule is CCc1cc(C(=O)N2CCc3ccccc3[C@H]2C)nn2cc(-c3ccc4c(c3F)OCC(C(=O)OC)=C4)nc12. The van der Waals surface area contributed by atoms with Crippen molar-refractivity contribution in [1.29, 1.82) is 0 Å². The molecule has 0 saturated carbocycles. The summed E-state index contributed by atoms with van der Waals surface area (Å²) in [6.45, 7) is 4.54. The Morgan fingerprint density at radius 2 is 2.03 bits per heavy atom. The minimum Gasteiger partial charge on any atom is -0.485 e. The first-order valence-corrected chi connectivity index (χ1v) is 12.9. The Morgan fingerprint density at radius 3 is 2.82 bits per heavy atom. The lowest BCUT2D eigenvalue weighted by Gasteiger charge is -2.35. The van der Waals surface area contributed by atoms with E-state index in [-0.39, 0.29) is 29.9 Å². The van der Waals surface area contributed by atoms with Gasteiger partial charge in [-0.1, -0.05) is 37.3 Å². The Bertz CT molecular complexity index is 1680. The average molecular weight is 527 g/mol. The standard InChI is InChI=1S/C30H27FN4O4/c1-4-18-14-24(29(36)34-12-11-19-7-5-6-8-22(19)17(34)2)33-35-15-25(32-28(18)35)23-10-9-20-13-21(30(37)38-3)16-39-27(20)26(23)31/h5-10,13-15,17H,4,11-12,16H2,1-3H3/t17-/m1/s1. The summed E-state index contributed by atoms with van der Waals surface area (Å²) >= 11 is 0. The van der Waals surface area contributed by atoms with Crippen LogP contribution in [0, 0.1) is 5.82 Å². The molecule has 8 nitrogen and oxygen atoms in total. The Balaban J connectivity index is 1.36. The summed E-state index contributed by atoms with van der Waals surface area (Å²) in [6, 6.07) is 13.2. The van der Waals surface area contributed by atoms with Crippen molar-refractivity contribution in [3.8, 4) is 17.0 Å². The molecule has 4 aromatic rings. The minimum absolute atomic E-state index is 0.0520. The summed E-state index contributed by atoms with van der Waals surface area (Å²) in [5.41, 5.74) is 5.51. The number of aryl methyl sites for hydroxylation is 1. The van der Waals surface area contributed by atoms with E-state index in [1.807, 2.05) is 30.9 Å². The van der Waals surface area contributed by atoms with Crippen LogP contribution < -0.4 is 4.74 Å². The molecule has 2 aliphatic heterocycles. The van der Waals surface area contributed by atoms with Crippen molar-refractivity contribution in [2.75, 3.05) is 20.3 Å². The Hall–Kier alpha value is -4.53. The first kappa shape index (κ1) is 24.8. The van der Waals surface area contributed by atoms with Crippen molar-refractivity contribution < 1.29 is 23.5 Å². The number of nitrogens with zero attached hydrogens (tertiary/aromatic N) is 4. The zero-order valence-electron chi connectivity index (χ0n) is 21.9. The predicted octanol–water partition coefficient (Wildman–Crippen LogP) is 4.81. The number of hydrogen-bond donors (Lipinski definition) is 0. The first-order valence-electron chi connectivity index (χ1n) is 12.9. The molecule has 1 amide bonds. The number of esters is 1. The molecular weight excluding hydrogens is 499 g/mol. The molecule has 0 N–H and O–H groups in total. The van der Waals surface area contributed by atoms with Gasteiger partial charge >= 0.3 is 5.97 Å². The lowest BCUT2D eigenvalue weighted by molar-refractivity contribution is -0.136. The Labute approximate surface area is 224 Å². The zero-order chi connectivity index (χ0) is 27.3. The van der Waals surface area contributed by atoms with E-state index in [0.29, 0.717) is 41.1 Å². The molecule has 6 rings (SSSR count). The molecule has 1 atom stereocenters. The number of halogens is 1. The molecule has 198 valence electrons. The minimum atomic E-state index is -0.578. The average Bonchev–Trinajstić information content (AvgIpc) is 3.40. The van der Waals surface area contributed by atoms with Crippen LogP contribution in [0.15, 0.2) is 54.2 Å². The molecule has 0 bridgehead atoms. The fraction of sp³-hybridized carbons (Fsp3) is 0.267. The maximum atomic E-state index is 15.6. The van der Waals surface area contributed by atoms with E-state index in [1.54, 1.807) is 35.0 Å². The van der Waals surface area contributed by atoms with Gasteiger partial charge in [-0.25, -0.2) is 18.7 Å². The normalized spacial score (nSPS) is 16.3. The van der Waals surface area contributed by atoms with Gasteiger partial charge in [-0.05, 0) is 54.7 Å². The summed E-state index contributed by atoms with van der Waals surface area (Å²) in [6.07, 6.45) is 4.61. The van der Waals surface area contributed by atoms with E-state index in [0.717, 1.165) is 17.5 Å². The van der Waals surface area contributed by atoms with Crippen molar-refractivity contribution >= 4 is 23.6 Å². The highest BCUT2D eigenvalue weighted by Gasteiger charge is 2.30. The van der Waals surface area contributed by atoms with Crippen LogP contribution in [0.25, 0.3) is 23.0 Å². The smallest absolute Gasteiger partial charge is 0.337 e. The number of fused-ring (bicyclic) bond motifs is 3. The summed E-state index contributed by atoms with van der Waals surface area (Å²) in [5, 5.41) is 4.60. The van der Waals surface area contributed by atoms with Gasteiger partial charge in [0.05, 0.1) is 30.6 Å². The molecule has 2 aromatic heterocycles. The van der Waals surface area contributed by atoms with Crippen molar-refractivity contribution in [3.05, 3.63) is 88.0 Å². The second kappa shape index (κ2) is 9.65. The highest BCUT2D eigenvalue weighted by Crippen LogP contribution is 2.36. The molecule has 0 aliphatic carbocycles. The van der Waals surface area contributed by atoms with Gasteiger partial charge < -0.3 is 14.4 Å². The summed E-state index contributed by atoms with van der Waals surface area (Å²) in [5.74, 6) is -1.19. The third-order valence-electron chi connectivity index (χ3n) is 7.51. The molecule has 9 heteroatoms. The van der Waals surface area contributed by atoms with Gasteiger partial charge in [0.25, 0.3) is 5.91 Å². The van der Waals surface area contributed by atoms with E-state index in [9.17, 15) is 9.59 Å². The number of methoxy groups -OCH3 is 1. The molecule has 2 aliphatic rings. The molecule has 0 spiro atoms. The Kier molecular flexibility index (Phi) is 6.13. The number of rotatable bonds is 4. The van der Waals surface area contributed by atoms with Gasteiger partial charge in [0, 0.05) is 17.7 Å².